The maximum absolute atomic E-state index is 4.14. The Balaban J connectivity index is 2.96. The number of hydrogen-bond acceptors (Lipinski definition) is 4. The van der Waals surface area contributed by atoms with E-state index in [1.54, 1.807) is 6.20 Å². The molecular formula is C6H4BrN3S. The monoisotopic (exact) mass is 229 g/mol. The molecule has 0 atom stereocenters. The Labute approximate surface area is 75.9 Å². The predicted octanol–water partition coefficient (Wildman–Crippen LogP) is 2.16. The number of nitrogens with zero attached hydrogens (tertiary/aromatic N) is 3. The maximum atomic E-state index is 4.14. The average molecular weight is 230 g/mol. The topological polar surface area (TPSA) is 38.7 Å². The van der Waals surface area contributed by atoms with Crippen molar-refractivity contribution in [2.75, 3.05) is 0 Å². The first kappa shape index (κ1) is 7.12. The molecule has 0 N–H and O–H groups in total. The molecule has 0 radical (unpaired) electrons. The Hall–Kier alpha value is -0.550. The van der Waals surface area contributed by atoms with Crippen LogP contribution in [0, 0.1) is 6.92 Å². The molecule has 5 heteroatoms. The highest BCUT2D eigenvalue weighted by molar-refractivity contribution is 9.10. The summed E-state index contributed by atoms with van der Waals surface area (Å²) in [6.45, 7) is 1.93. The zero-order valence-electron chi connectivity index (χ0n) is 5.71. The van der Waals surface area contributed by atoms with E-state index in [2.05, 4.69) is 29.7 Å². The van der Waals surface area contributed by atoms with E-state index in [0.717, 1.165) is 21.2 Å². The van der Waals surface area contributed by atoms with Gasteiger partial charge in [0.05, 0.1) is 21.9 Å². The summed E-state index contributed by atoms with van der Waals surface area (Å²) in [4.78, 5) is 4.14. The highest BCUT2D eigenvalue weighted by Gasteiger charge is 2.05. The zero-order valence-corrected chi connectivity index (χ0v) is 8.11. The smallest absolute Gasteiger partial charge is 0.127 e. The lowest BCUT2D eigenvalue weighted by molar-refractivity contribution is 1.21. The fourth-order valence-corrected chi connectivity index (χ4v) is 1.96. The summed E-state index contributed by atoms with van der Waals surface area (Å²) in [6.07, 6.45) is 1.75. The third-order valence-electron chi connectivity index (χ3n) is 1.43. The van der Waals surface area contributed by atoms with Crippen LogP contribution in [0.5, 0.6) is 0 Å². The summed E-state index contributed by atoms with van der Waals surface area (Å²) in [6, 6.07) is 0. The van der Waals surface area contributed by atoms with Gasteiger partial charge in [-0.15, -0.1) is 0 Å². The minimum Gasteiger partial charge on any atom is -0.258 e. The minimum atomic E-state index is 0.893. The number of halogens is 1. The SMILES string of the molecule is Cc1ncc(Br)c2nsnc12. The van der Waals surface area contributed by atoms with Crippen LogP contribution >= 0.6 is 27.7 Å². The normalized spacial score (nSPS) is 10.7. The van der Waals surface area contributed by atoms with Crippen LogP contribution in [-0.2, 0) is 0 Å². The van der Waals surface area contributed by atoms with Crippen molar-refractivity contribution in [3.05, 3.63) is 16.4 Å². The summed E-state index contributed by atoms with van der Waals surface area (Å²) < 4.78 is 9.15. The molecule has 2 aromatic heterocycles. The van der Waals surface area contributed by atoms with Gasteiger partial charge in [0.1, 0.15) is 11.0 Å². The molecule has 56 valence electrons. The van der Waals surface area contributed by atoms with Gasteiger partial charge in [0.15, 0.2) is 0 Å². The molecule has 0 fully saturated rings. The first-order chi connectivity index (χ1) is 5.29. The van der Waals surface area contributed by atoms with Crippen molar-refractivity contribution in [1.29, 1.82) is 0 Å². The van der Waals surface area contributed by atoms with Crippen molar-refractivity contribution in [3.63, 3.8) is 0 Å². The molecule has 2 aromatic rings. The highest BCUT2D eigenvalue weighted by Crippen LogP contribution is 2.22. The predicted molar refractivity (Wildman–Crippen MR) is 47.6 cm³/mol. The van der Waals surface area contributed by atoms with Crippen LogP contribution in [0.2, 0.25) is 0 Å². The van der Waals surface area contributed by atoms with E-state index in [4.69, 9.17) is 0 Å². The lowest BCUT2D eigenvalue weighted by Gasteiger charge is -1.92. The Morgan fingerprint density at radius 2 is 2.09 bits per heavy atom. The van der Waals surface area contributed by atoms with Crippen LogP contribution in [0.15, 0.2) is 10.7 Å². The minimum absolute atomic E-state index is 0.893. The highest BCUT2D eigenvalue weighted by atomic mass is 79.9. The Morgan fingerprint density at radius 3 is 2.82 bits per heavy atom. The molecule has 0 aliphatic carbocycles. The van der Waals surface area contributed by atoms with E-state index in [1.165, 1.54) is 11.7 Å². The van der Waals surface area contributed by atoms with Gasteiger partial charge < -0.3 is 0 Å². The van der Waals surface area contributed by atoms with Crippen molar-refractivity contribution >= 4 is 38.7 Å². The molecule has 0 aliphatic rings. The van der Waals surface area contributed by atoms with Crippen molar-refractivity contribution in [2.24, 2.45) is 0 Å². The molecule has 0 aliphatic heterocycles. The van der Waals surface area contributed by atoms with Crippen LogP contribution in [0.25, 0.3) is 11.0 Å². The molecule has 0 amide bonds. The molecule has 2 heterocycles. The molecule has 0 saturated carbocycles. The van der Waals surface area contributed by atoms with E-state index in [-0.39, 0.29) is 0 Å². The fourth-order valence-electron chi connectivity index (χ4n) is 0.858. The summed E-state index contributed by atoms with van der Waals surface area (Å²) in [5.41, 5.74) is 2.73. The van der Waals surface area contributed by atoms with Crippen LogP contribution in [0.4, 0.5) is 0 Å². The molecule has 0 saturated heterocycles. The van der Waals surface area contributed by atoms with Gasteiger partial charge in [-0.05, 0) is 22.9 Å². The van der Waals surface area contributed by atoms with Crippen LogP contribution in [0.1, 0.15) is 5.69 Å². The quantitative estimate of drug-likeness (QED) is 0.696. The van der Waals surface area contributed by atoms with E-state index >= 15 is 0 Å². The first-order valence-corrected chi connectivity index (χ1v) is 4.55. The lowest BCUT2D eigenvalue weighted by Crippen LogP contribution is -1.82. The van der Waals surface area contributed by atoms with Crippen LogP contribution in [-0.4, -0.2) is 13.7 Å². The molecule has 2 rings (SSSR count). The van der Waals surface area contributed by atoms with Crippen molar-refractivity contribution in [3.8, 4) is 0 Å². The molecule has 0 unspecified atom stereocenters. The number of aromatic nitrogens is 3. The molecule has 11 heavy (non-hydrogen) atoms. The van der Waals surface area contributed by atoms with Crippen molar-refractivity contribution in [2.45, 2.75) is 6.92 Å². The molecule has 0 bridgehead atoms. The van der Waals surface area contributed by atoms with Crippen molar-refractivity contribution in [1.82, 2.24) is 13.7 Å². The number of aryl methyl sites for hydroxylation is 1. The number of fused-ring (bicyclic) bond motifs is 1. The van der Waals surface area contributed by atoms with Gasteiger partial charge in [-0.25, -0.2) is 0 Å². The van der Waals surface area contributed by atoms with Gasteiger partial charge in [-0.2, -0.15) is 8.75 Å². The third-order valence-corrected chi connectivity index (χ3v) is 2.54. The van der Waals surface area contributed by atoms with Gasteiger partial charge in [0, 0.05) is 6.20 Å². The summed E-state index contributed by atoms with van der Waals surface area (Å²) in [5, 5.41) is 0. The third kappa shape index (κ3) is 1.04. The average Bonchev–Trinajstić information content (AvgIpc) is 2.45. The summed E-state index contributed by atoms with van der Waals surface area (Å²) in [5.74, 6) is 0. The Bertz CT molecular complexity index is 362. The Morgan fingerprint density at radius 1 is 1.36 bits per heavy atom. The van der Waals surface area contributed by atoms with Crippen LogP contribution < -0.4 is 0 Å². The number of rotatable bonds is 0. The largest absolute Gasteiger partial charge is 0.258 e. The van der Waals surface area contributed by atoms with Gasteiger partial charge in [-0.1, -0.05) is 0 Å². The fraction of sp³-hybridized carbons (Fsp3) is 0.167. The van der Waals surface area contributed by atoms with E-state index in [9.17, 15) is 0 Å². The van der Waals surface area contributed by atoms with E-state index < -0.39 is 0 Å². The zero-order chi connectivity index (χ0) is 7.84. The van der Waals surface area contributed by atoms with Gasteiger partial charge in [-0.3, -0.25) is 4.98 Å². The van der Waals surface area contributed by atoms with Crippen molar-refractivity contribution < 1.29 is 0 Å². The molecule has 0 spiro atoms. The number of hydrogen-bond donors (Lipinski definition) is 0. The van der Waals surface area contributed by atoms with Gasteiger partial charge in [0.25, 0.3) is 0 Å². The van der Waals surface area contributed by atoms with E-state index in [1.807, 2.05) is 6.92 Å². The molecule has 0 aromatic carbocycles. The second-order valence-electron chi connectivity index (χ2n) is 2.15. The first-order valence-electron chi connectivity index (χ1n) is 3.02. The molecular weight excluding hydrogens is 226 g/mol. The summed E-state index contributed by atoms with van der Waals surface area (Å²) in [7, 11) is 0. The second kappa shape index (κ2) is 2.49. The Kier molecular flexibility index (Phi) is 1.61. The standard InChI is InChI=1S/C6H4BrN3S/c1-3-5-6(10-11-9-5)4(7)2-8-3/h2H,1H3. The lowest BCUT2D eigenvalue weighted by atomic mass is 10.3. The van der Waals surface area contributed by atoms with Crippen LogP contribution in [0.3, 0.4) is 0 Å². The molecule has 3 nitrogen and oxygen atoms in total. The summed E-state index contributed by atoms with van der Waals surface area (Å²) >= 11 is 4.56. The van der Waals surface area contributed by atoms with E-state index in [0.29, 0.717) is 0 Å². The second-order valence-corrected chi connectivity index (χ2v) is 3.54. The van der Waals surface area contributed by atoms with Gasteiger partial charge >= 0.3 is 0 Å². The van der Waals surface area contributed by atoms with Gasteiger partial charge in [0.2, 0.25) is 0 Å². The maximum Gasteiger partial charge on any atom is 0.127 e. The number of pyridine rings is 1.